The Morgan fingerprint density at radius 1 is 1.39 bits per heavy atom. The summed E-state index contributed by atoms with van der Waals surface area (Å²) in [5.41, 5.74) is 2.38. The minimum Gasteiger partial charge on any atom is -0.481 e. The van der Waals surface area contributed by atoms with E-state index in [-0.39, 0.29) is 6.42 Å². The summed E-state index contributed by atoms with van der Waals surface area (Å²) < 4.78 is 0. The second-order valence-electron chi connectivity index (χ2n) is 6.21. The molecule has 1 saturated heterocycles. The summed E-state index contributed by atoms with van der Waals surface area (Å²) in [7, 11) is 0. The third-order valence-corrected chi connectivity index (χ3v) is 3.74. The van der Waals surface area contributed by atoms with Crippen molar-refractivity contribution in [2.45, 2.75) is 27.2 Å². The molecule has 98 valence electrons. The molecule has 0 spiro atoms. The molecule has 3 nitrogen and oxygen atoms in total. The van der Waals surface area contributed by atoms with Gasteiger partial charge in [0, 0.05) is 18.8 Å². The normalized spacial score (nSPS) is 16.5. The van der Waals surface area contributed by atoms with E-state index in [1.165, 1.54) is 0 Å². The first-order chi connectivity index (χ1) is 8.36. The van der Waals surface area contributed by atoms with Crippen LogP contribution >= 0.6 is 0 Å². The Hall–Kier alpha value is -1.51. The zero-order chi connectivity index (χ0) is 13.3. The van der Waals surface area contributed by atoms with Gasteiger partial charge in [0.25, 0.3) is 0 Å². The monoisotopic (exact) mass is 247 g/mol. The highest BCUT2D eigenvalue weighted by molar-refractivity contribution is 5.71. The predicted octanol–water partition coefficient (Wildman–Crippen LogP) is 2.80. The quantitative estimate of drug-likeness (QED) is 0.893. The van der Waals surface area contributed by atoms with Crippen LogP contribution in [0.15, 0.2) is 24.3 Å². The lowest BCUT2D eigenvalue weighted by Gasteiger charge is -2.47. The first-order valence-corrected chi connectivity index (χ1v) is 6.42. The fraction of sp³-hybridized carbons (Fsp3) is 0.533. The Kier molecular flexibility index (Phi) is 3.33. The van der Waals surface area contributed by atoms with Gasteiger partial charge in [0.05, 0.1) is 6.42 Å². The van der Waals surface area contributed by atoms with E-state index in [0.717, 1.165) is 30.3 Å². The highest BCUT2D eigenvalue weighted by atomic mass is 16.4. The van der Waals surface area contributed by atoms with Crippen LogP contribution in [0.1, 0.15) is 26.3 Å². The zero-order valence-corrected chi connectivity index (χ0v) is 11.3. The van der Waals surface area contributed by atoms with E-state index >= 15 is 0 Å². The molecule has 1 aromatic rings. The van der Waals surface area contributed by atoms with E-state index in [1.54, 1.807) is 0 Å². The smallest absolute Gasteiger partial charge is 0.307 e. The number of carboxylic acids is 1. The van der Waals surface area contributed by atoms with Crippen molar-refractivity contribution in [1.82, 2.24) is 0 Å². The highest BCUT2D eigenvalue weighted by Gasteiger charge is 2.35. The SMILES string of the molecule is CC(C)(C)C1CN(c2cccc(CC(=O)O)c2)C1. The van der Waals surface area contributed by atoms with Gasteiger partial charge in [0.15, 0.2) is 0 Å². The lowest BCUT2D eigenvalue weighted by atomic mass is 9.76. The minimum atomic E-state index is -0.775. The van der Waals surface area contributed by atoms with E-state index < -0.39 is 5.97 Å². The molecule has 0 amide bonds. The summed E-state index contributed by atoms with van der Waals surface area (Å²) in [6, 6.07) is 7.87. The zero-order valence-electron chi connectivity index (χ0n) is 11.3. The van der Waals surface area contributed by atoms with Crippen molar-refractivity contribution < 1.29 is 9.90 Å². The first kappa shape index (κ1) is 12.9. The number of benzene rings is 1. The third kappa shape index (κ3) is 2.84. The average molecular weight is 247 g/mol. The second-order valence-corrected chi connectivity index (χ2v) is 6.21. The van der Waals surface area contributed by atoms with Gasteiger partial charge in [-0.2, -0.15) is 0 Å². The van der Waals surface area contributed by atoms with E-state index in [4.69, 9.17) is 5.11 Å². The number of carbonyl (C=O) groups is 1. The lowest BCUT2D eigenvalue weighted by Crippen LogP contribution is -2.52. The molecule has 0 saturated carbocycles. The average Bonchev–Trinajstić information content (AvgIpc) is 2.11. The molecule has 0 bridgehead atoms. The molecule has 3 heteroatoms. The Labute approximate surface area is 108 Å². The van der Waals surface area contributed by atoms with Gasteiger partial charge in [-0.25, -0.2) is 0 Å². The summed E-state index contributed by atoms with van der Waals surface area (Å²) in [6.07, 6.45) is 0.102. The number of hydrogen-bond donors (Lipinski definition) is 1. The Morgan fingerprint density at radius 3 is 2.61 bits per heavy atom. The molecular formula is C15H21NO2. The number of nitrogens with zero attached hydrogens (tertiary/aromatic N) is 1. The van der Waals surface area contributed by atoms with E-state index in [2.05, 4.69) is 31.7 Å². The van der Waals surface area contributed by atoms with E-state index in [1.807, 2.05) is 18.2 Å². The second kappa shape index (κ2) is 4.63. The van der Waals surface area contributed by atoms with Crippen molar-refractivity contribution in [3.05, 3.63) is 29.8 Å². The number of carboxylic acid groups (broad SMARTS) is 1. The Morgan fingerprint density at radius 2 is 2.06 bits per heavy atom. The van der Waals surface area contributed by atoms with Crippen LogP contribution in [0.2, 0.25) is 0 Å². The molecule has 0 aliphatic carbocycles. The number of hydrogen-bond acceptors (Lipinski definition) is 2. The topological polar surface area (TPSA) is 40.5 Å². The van der Waals surface area contributed by atoms with Crippen LogP contribution in [0, 0.1) is 11.3 Å². The van der Waals surface area contributed by atoms with Crippen LogP contribution in [-0.4, -0.2) is 24.2 Å². The molecule has 2 rings (SSSR count). The van der Waals surface area contributed by atoms with Crippen molar-refractivity contribution in [2.75, 3.05) is 18.0 Å². The maximum absolute atomic E-state index is 10.7. The standard InChI is InChI=1S/C15H21NO2/c1-15(2,3)12-9-16(10-12)13-6-4-5-11(7-13)8-14(17)18/h4-7,12H,8-10H2,1-3H3,(H,17,18). The van der Waals surface area contributed by atoms with Gasteiger partial charge in [0.1, 0.15) is 0 Å². The summed E-state index contributed by atoms with van der Waals surface area (Å²) in [5.74, 6) is -0.0519. The van der Waals surface area contributed by atoms with Crippen molar-refractivity contribution in [3.63, 3.8) is 0 Å². The number of aliphatic carboxylic acids is 1. The highest BCUT2D eigenvalue weighted by Crippen LogP contribution is 2.36. The molecule has 0 aromatic heterocycles. The summed E-state index contributed by atoms with van der Waals surface area (Å²) >= 11 is 0. The van der Waals surface area contributed by atoms with Crippen LogP contribution < -0.4 is 4.90 Å². The predicted molar refractivity (Wildman–Crippen MR) is 72.9 cm³/mol. The van der Waals surface area contributed by atoms with Crippen molar-refractivity contribution in [2.24, 2.45) is 11.3 Å². The lowest BCUT2D eigenvalue weighted by molar-refractivity contribution is -0.136. The van der Waals surface area contributed by atoms with Crippen LogP contribution in [0.3, 0.4) is 0 Å². The van der Waals surface area contributed by atoms with Crippen molar-refractivity contribution in [1.29, 1.82) is 0 Å². The number of rotatable bonds is 3. The molecule has 1 aliphatic heterocycles. The molecule has 18 heavy (non-hydrogen) atoms. The van der Waals surface area contributed by atoms with Gasteiger partial charge in [-0.1, -0.05) is 32.9 Å². The molecule has 0 atom stereocenters. The molecule has 1 aromatic carbocycles. The van der Waals surface area contributed by atoms with Crippen LogP contribution in [0.25, 0.3) is 0 Å². The van der Waals surface area contributed by atoms with Gasteiger partial charge < -0.3 is 10.0 Å². The fourth-order valence-electron chi connectivity index (χ4n) is 2.27. The maximum Gasteiger partial charge on any atom is 0.307 e. The molecule has 0 radical (unpaired) electrons. The fourth-order valence-corrected chi connectivity index (χ4v) is 2.27. The minimum absolute atomic E-state index is 0.102. The summed E-state index contributed by atoms with van der Waals surface area (Å²) in [5, 5.41) is 8.80. The Balaban J connectivity index is 2.01. The maximum atomic E-state index is 10.7. The molecule has 1 fully saturated rings. The van der Waals surface area contributed by atoms with Crippen LogP contribution in [0.4, 0.5) is 5.69 Å². The summed E-state index contributed by atoms with van der Waals surface area (Å²) in [4.78, 5) is 13.0. The van der Waals surface area contributed by atoms with Crippen LogP contribution in [0.5, 0.6) is 0 Å². The summed E-state index contributed by atoms with van der Waals surface area (Å²) in [6.45, 7) is 8.96. The molecular weight excluding hydrogens is 226 g/mol. The largest absolute Gasteiger partial charge is 0.481 e. The molecule has 1 heterocycles. The van der Waals surface area contributed by atoms with Gasteiger partial charge in [-0.3, -0.25) is 4.79 Å². The first-order valence-electron chi connectivity index (χ1n) is 6.42. The van der Waals surface area contributed by atoms with E-state index in [9.17, 15) is 4.79 Å². The van der Waals surface area contributed by atoms with Crippen molar-refractivity contribution >= 4 is 11.7 Å². The van der Waals surface area contributed by atoms with Crippen LogP contribution in [-0.2, 0) is 11.2 Å². The molecule has 1 aliphatic rings. The van der Waals surface area contributed by atoms with Crippen molar-refractivity contribution in [3.8, 4) is 0 Å². The van der Waals surface area contributed by atoms with Gasteiger partial charge >= 0.3 is 5.97 Å². The third-order valence-electron chi connectivity index (χ3n) is 3.74. The van der Waals surface area contributed by atoms with Gasteiger partial charge in [-0.15, -0.1) is 0 Å². The van der Waals surface area contributed by atoms with Gasteiger partial charge in [0.2, 0.25) is 0 Å². The van der Waals surface area contributed by atoms with Gasteiger partial charge in [-0.05, 0) is 29.0 Å². The molecule has 1 N–H and O–H groups in total. The van der Waals surface area contributed by atoms with E-state index in [0.29, 0.717) is 5.41 Å². The molecule has 0 unspecified atom stereocenters. The Bertz CT molecular complexity index is 442. The number of anilines is 1.